The van der Waals surface area contributed by atoms with Gasteiger partial charge in [-0.2, -0.15) is 0 Å². The predicted molar refractivity (Wildman–Crippen MR) is 83.3 cm³/mol. The number of aromatic hydroxyl groups is 1. The third-order valence-corrected chi connectivity index (χ3v) is 4.42. The summed E-state index contributed by atoms with van der Waals surface area (Å²) in [5.74, 6) is -0.0392. The van der Waals surface area contributed by atoms with E-state index in [1.807, 2.05) is 0 Å². The number of phenols is 1. The van der Waals surface area contributed by atoms with Gasteiger partial charge in [-0.15, -0.1) is 0 Å². The highest BCUT2D eigenvalue weighted by atomic mass is 16.3. The largest absolute Gasteiger partial charge is 0.506 e. The van der Waals surface area contributed by atoms with E-state index in [0.29, 0.717) is 30.6 Å². The van der Waals surface area contributed by atoms with Crippen molar-refractivity contribution in [2.24, 2.45) is 0 Å². The van der Waals surface area contributed by atoms with Crippen molar-refractivity contribution in [2.45, 2.75) is 12.8 Å². The summed E-state index contributed by atoms with van der Waals surface area (Å²) < 4.78 is 0. The Balaban J connectivity index is 1.78. The molecule has 0 atom stereocenters. The number of amides is 1. The molecule has 1 amide bonds. The average molecular weight is 303 g/mol. The highest BCUT2D eigenvalue weighted by Gasteiger charge is 2.25. The van der Waals surface area contributed by atoms with Gasteiger partial charge in [0.1, 0.15) is 5.75 Å². The predicted octanol–water partition coefficient (Wildman–Crippen LogP) is 0.707. The zero-order valence-corrected chi connectivity index (χ0v) is 12.8. The number of Topliss-reactive ketones (excluding diaryl/α,β-unsaturated/α-hetero) is 1. The summed E-state index contributed by atoms with van der Waals surface area (Å²) in [5, 5.41) is 12.6. The van der Waals surface area contributed by atoms with E-state index >= 15 is 0 Å². The molecule has 6 nitrogen and oxygen atoms in total. The van der Waals surface area contributed by atoms with E-state index in [0.717, 1.165) is 31.7 Å². The van der Waals surface area contributed by atoms with Crippen LogP contribution in [0.2, 0.25) is 0 Å². The number of carbonyl (C=O) groups is 2. The van der Waals surface area contributed by atoms with Gasteiger partial charge in [0.2, 0.25) is 5.91 Å². The number of piperazine rings is 1. The zero-order chi connectivity index (χ0) is 15.7. The van der Waals surface area contributed by atoms with E-state index in [-0.39, 0.29) is 17.4 Å². The van der Waals surface area contributed by atoms with Crippen LogP contribution in [0.25, 0.3) is 0 Å². The highest BCUT2D eigenvalue weighted by Crippen LogP contribution is 2.34. The van der Waals surface area contributed by atoms with Crippen LogP contribution >= 0.6 is 0 Å². The van der Waals surface area contributed by atoms with Crippen LogP contribution in [0.15, 0.2) is 12.1 Å². The summed E-state index contributed by atoms with van der Waals surface area (Å²) in [6, 6.07) is 3.16. The van der Waals surface area contributed by atoms with Crippen LogP contribution in [0.4, 0.5) is 5.69 Å². The number of carbonyl (C=O) groups excluding carboxylic acids is 2. The topological polar surface area (TPSA) is 72.9 Å². The molecule has 22 heavy (non-hydrogen) atoms. The molecule has 2 heterocycles. The molecule has 0 aromatic heterocycles. The van der Waals surface area contributed by atoms with Crippen molar-refractivity contribution >= 4 is 17.4 Å². The van der Waals surface area contributed by atoms with E-state index in [4.69, 9.17) is 0 Å². The van der Waals surface area contributed by atoms with E-state index in [1.165, 1.54) is 6.07 Å². The molecule has 0 spiro atoms. The Hall–Kier alpha value is -1.92. The molecule has 1 aromatic carbocycles. The maximum absolute atomic E-state index is 12.6. The molecule has 1 aromatic rings. The number of ketones is 1. The van der Waals surface area contributed by atoms with Gasteiger partial charge in [-0.3, -0.25) is 14.5 Å². The Kier molecular flexibility index (Phi) is 4.13. The number of likely N-dealkylation sites (N-methyl/N-ethyl adjacent to an activating group) is 1. The lowest BCUT2D eigenvalue weighted by Gasteiger charge is -2.32. The Labute approximate surface area is 129 Å². The number of nitrogens with one attached hydrogen (secondary N) is 1. The number of hydrogen-bond donors (Lipinski definition) is 2. The Morgan fingerprint density at radius 3 is 2.68 bits per heavy atom. The van der Waals surface area contributed by atoms with Crippen LogP contribution in [0.1, 0.15) is 22.3 Å². The first-order valence-corrected chi connectivity index (χ1v) is 7.63. The summed E-state index contributed by atoms with van der Waals surface area (Å²) in [6.07, 6.45) is 0.852. The molecule has 2 aliphatic rings. The van der Waals surface area contributed by atoms with E-state index in [1.54, 1.807) is 6.07 Å². The number of rotatable bonds is 3. The minimum absolute atomic E-state index is 0.0270. The summed E-state index contributed by atoms with van der Waals surface area (Å²) >= 11 is 0. The van der Waals surface area contributed by atoms with Crippen molar-refractivity contribution in [3.05, 3.63) is 23.3 Å². The minimum atomic E-state index is -0.119. The molecule has 2 aliphatic heterocycles. The van der Waals surface area contributed by atoms with Crippen LogP contribution in [-0.4, -0.2) is 66.4 Å². The van der Waals surface area contributed by atoms with Crippen molar-refractivity contribution in [1.82, 2.24) is 9.80 Å². The second kappa shape index (κ2) is 6.06. The lowest BCUT2D eigenvalue weighted by atomic mass is 9.94. The number of phenolic OH excluding ortho intramolecular Hbond substituents is 1. The van der Waals surface area contributed by atoms with E-state index in [2.05, 4.69) is 22.2 Å². The van der Waals surface area contributed by atoms with Gasteiger partial charge in [-0.1, -0.05) is 0 Å². The number of hydrogen-bond acceptors (Lipinski definition) is 5. The van der Waals surface area contributed by atoms with Crippen molar-refractivity contribution in [3.8, 4) is 5.75 Å². The molecule has 0 aliphatic carbocycles. The monoisotopic (exact) mass is 303 g/mol. The molecule has 6 heteroatoms. The highest BCUT2D eigenvalue weighted by molar-refractivity contribution is 6.04. The maximum Gasteiger partial charge on any atom is 0.224 e. The van der Waals surface area contributed by atoms with Crippen LogP contribution in [0.5, 0.6) is 5.75 Å². The number of benzene rings is 1. The SMILES string of the molecule is CN1CCN(CC(=O)c2ccc(O)c3c2CCC(=O)N3)CC1. The molecule has 0 unspecified atom stereocenters. The molecule has 118 valence electrons. The van der Waals surface area contributed by atoms with Crippen LogP contribution in [0.3, 0.4) is 0 Å². The molecule has 0 bridgehead atoms. The fraction of sp³-hybridized carbons (Fsp3) is 0.500. The van der Waals surface area contributed by atoms with Gasteiger partial charge < -0.3 is 15.3 Å². The molecular weight excluding hydrogens is 282 g/mol. The van der Waals surface area contributed by atoms with Gasteiger partial charge in [0.05, 0.1) is 12.2 Å². The lowest BCUT2D eigenvalue weighted by molar-refractivity contribution is -0.116. The Morgan fingerprint density at radius 1 is 1.23 bits per heavy atom. The Morgan fingerprint density at radius 2 is 1.95 bits per heavy atom. The van der Waals surface area contributed by atoms with Gasteiger partial charge in [0.25, 0.3) is 0 Å². The average Bonchev–Trinajstić information content (AvgIpc) is 2.50. The summed E-state index contributed by atoms with van der Waals surface area (Å²) in [4.78, 5) is 28.5. The lowest BCUT2D eigenvalue weighted by Crippen LogP contribution is -2.46. The molecule has 1 fully saturated rings. The molecule has 1 saturated heterocycles. The van der Waals surface area contributed by atoms with Crippen molar-refractivity contribution in [2.75, 3.05) is 45.1 Å². The smallest absolute Gasteiger partial charge is 0.224 e. The van der Waals surface area contributed by atoms with Crippen LogP contribution < -0.4 is 5.32 Å². The first-order chi connectivity index (χ1) is 10.5. The number of anilines is 1. The van der Waals surface area contributed by atoms with E-state index in [9.17, 15) is 14.7 Å². The normalized spacial score (nSPS) is 19.6. The molecule has 0 radical (unpaired) electrons. The molecule has 2 N–H and O–H groups in total. The van der Waals surface area contributed by atoms with Crippen LogP contribution in [-0.2, 0) is 11.2 Å². The Bertz CT molecular complexity index is 607. The summed E-state index contributed by atoms with van der Waals surface area (Å²) in [7, 11) is 2.08. The van der Waals surface area contributed by atoms with Gasteiger partial charge in [0, 0.05) is 38.2 Å². The first-order valence-electron chi connectivity index (χ1n) is 7.63. The van der Waals surface area contributed by atoms with Crippen LogP contribution in [0, 0.1) is 0 Å². The second-order valence-corrected chi connectivity index (χ2v) is 6.04. The second-order valence-electron chi connectivity index (χ2n) is 6.04. The molecular formula is C16H21N3O3. The fourth-order valence-electron chi connectivity index (χ4n) is 3.03. The van der Waals surface area contributed by atoms with Gasteiger partial charge >= 0.3 is 0 Å². The van der Waals surface area contributed by atoms with Gasteiger partial charge in [-0.25, -0.2) is 0 Å². The fourth-order valence-corrected chi connectivity index (χ4v) is 3.03. The van der Waals surface area contributed by atoms with Gasteiger partial charge in [0.15, 0.2) is 5.78 Å². The third kappa shape index (κ3) is 2.98. The summed E-state index contributed by atoms with van der Waals surface area (Å²) in [5.41, 5.74) is 1.78. The maximum atomic E-state index is 12.6. The van der Waals surface area contributed by atoms with Crippen molar-refractivity contribution in [3.63, 3.8) is 0 Å². The van der Waals surface area contributed by atoms with E-state index < -0.39 is 0 Å². The quantitative estimate of drug-likeness (QED) is 0.635. The molecule has 3 rings (SSSR count). The summed E-state index contributed by atoms with van der Waals surface area (Å²) in [6.45, 7) is 4.10. The number of fused-ring (bicyclic) bond motifs is 1. The van der Waals surface area contributed by atoms with Crippen molar-refractivity contribution < 1.29 is 14.7 Å². The minimum Gasteiger partial charge on any atom is -0.506 e. The molecule has 0 saturated carbocycles. The standard InChI is InChI=1S/C16H21N3O3/c1-18-6-8-19(9-7-18)10-14(21)11-2-4-13(20)16-12(11)3-5-15(22)17-16/h2,4,20H,3,5-10H2,1H3,(H,17,22). The van der Waals surface area contributed by atoms with Gasteiger partial charge in [-0.05, 0) is 31.2 Å². The van der Waals surface area contributed by atoms with Crippen molar-refractivity contribution in [1.29, 1.82) is 0 Å². The third-order valence-electron chi connectivity index (χ3n) is 4.42. The zero-order valence-electron chi connectivity index (χ0n) is 12.8. The first kappa shape index (κ1) is 15.0. The number of nitrogens with zero attached hydrogens (tertiary/aromatic N) is 2.